The summed E-state index contributed by atoms with van der Waals surface area (Å²) >= 11 is 0. The maximum atomic E-state index is 12.8. The lowest BCUT2D eigenvalue weighted by Crippen LogP contribution is -2.47. The Bertz CT molecular complexity index is 627. The van der Waals surface area contributed by atoms with Crippen molar-refractivity contribution in [3.05, 3.63) is 35.9 Å². The fourth-order valence-electron chi connectivity index (χ4n) is 3.24. The van der Waals surface area contributed by atoms with E-state index in [0.717, 1.165) is 18.4 Å². The van der Waals surface area contributed by atoms with Gasteiger partial charge in [-0.1, -0.05) is 30.3 Å². The third-order valence-electron chi connectivity index (χ3n) is 4.55. The highest BCUT2D eigenvalue weighted by Crippen LogP contribution is 2.22. The lowest BCUT2D eigenvalue weighted by molar-refractivity contribution is -0.136. The minimum Gasteiger partial charge on any atom is -0.355 e. The standard InChI is InChI=1S/C19H28N4O3.ClH/c1-14(24)22-17(15-6-3-2-4-7-15)12-18(25)23-11-5-8-16(13-23)19(26)21-10-9-20;/h2-4,6-7,16-17H,5,8-13,20H2,1H3,(H,21,26)(H,22,24);1H. The topological polar surface area (TPSA) is 105 Å². The molecular weight excluding hydrogens is 368 g/mol. The van der Waals surface area contributed by atoms with Crippen LogP contribution in [0.2, 0.25) is 0 Å². The molecule has 0 radical (unpaired) electrons. The number of piperidine rings is 1. The van der Waals surface area contributed by atoms with E-state index in [1.54, 1.807) is 4.90 Å². The van der Waals surface area contributed by atoms with Crippen molar-refractivity contribution in [1.29, 1.82) is 0 Å². The third kappa shape index (κ3) is 7.19. The van der Waals surface area contributed by atoms with Crippen LogP contribution in [0.5, 0.6) is 0 Å². The number of carbonyl (C=O) groups is 3. The summed E-state index contributed by atoms with van der Waals surface area (Å²) in [7, 11) is 0. The van der Waals surface area contributed by atoms with Crippen molar-refractivity contribution in [2.75, 3.05) is 26.2 Å². The Morgan fingerprint density at radius 2 is 1.96 bits per heavy atom. The number of nitrogens with zero attached hydrogens (tertiary/aromatic N) is 1. The van der Waals surface area contributed by atoms with Gasteiger partial charge in [-0.15, -0.1) is 12.4 Å². The summed E-state index contributed by atoms with van der Waals surface area (Å²) in [6.07, 6.45) is 1.75. The van der Waals surface area contributed by atoms with Crippen LogP contribution < -0.4 is 16.4 Å². The summed E-state index contributed by atoms with van der Waals surface area (Å²) in [6.45, 7) is 3.34. The Balaban J connectivity index is 0.00000364. The second kappa shape index (κ2) is 11.6. The molecule has 4 N–H and O–H groups in total. The van der Waals surface area contributed by atoms with Crippen molar-refractivity contribution >= 4 is 30.1 Å². The molecule has 7 nitrogen and oxygen atoms in total. The number of halogens is 1. The van der Waals surface area contributed by atoms with Crippen LogP contribution in [0.4, 0.5) is 0 Å². The van der Waals surface area contributed by atoms with E-state index in [1.807, 2.05) is 30.3 Å². The maximum absolute atomic E-state index is 12.8. The molecular formula is C19H29ClN4O3. The molecule has 1 aromatic rings. The summed E-state index contributed by atoms with van der Waals surface area (Å²) in [5.74, 6) is -0.474. The van der Waals surface area contributed by atoms with Crippen molar-refractivity contribution in [1.82, 2.24) is 15.5 Å². The molecule has 0 saturated carbocycles. The van der Waals surface area contributed by atoms with Crippen molar-refractivity contribution in [3.8, 4) is 0 Å². The first-order valence-electron chi connectivity index (χ1n) is 9.09. The number of rotatable bonds is 7. The second-order valence-corrected chi connectivity index (χ2v) is 6.63. The van der Waals surface area contributed by atoms with Crippen molar-refractivity contribution in [2.24, 2.45) is 11.7 Å². The Kier molecular flexibility index (Phi) is 9.82. The highest BCUT2D eigenvalue weighted by atomic mass is 35.5. The predicted octanol–water partition coefficient (Wildman–Crippen LogP) is 0.989. The summed E-state index contributed by atoms with van der Waals surface area (Å²) in [4.78, 5) is 38.2. The van der Waals surface area contributed by atoms with E-state index in [2.05, 4.69) is 10.6 Å². The second-order valence-electron chi connectivity index (χ2n) is 6.63. The molecule has 1 fully saturated rings. The Hall–Kier alpha value is -2.12. The normalized spacial score (nSPS) is 17.4. The number of hydrogen-bond acceptors (Lipinski definition) is 4. The monoisotopic (exact) mass is 396 g/mol. The molecule has 1 heterocycles. The molecule has 1 saturated heterocycles. The van der Waals surface area contributed by atoms with Crippen LogP contribution in [-0.2, 0) is 14.4 Å². The fraction of sp³-hybridized carbons (Fsp3) is 0.526. The van der Waals surface area contributed by atoms with E-state index in [9.17, 15) is 14.4 Å². The molecule has 1 aromatic carbocycles. The average molecular weight is 397 g/mol. The van der Waals surface area contributed by atoms with E-state index in [4.69, 9.17) is 5.73 Å². The number of hydrogen-bond donors (Lipinski definition) is 3. The SMILES string of the molecule is CC(=O)NC(CC(=O)N1CCCC(C(=O)NCCN)C1)c1ccccc1.Cl. The van der Waals surface area contributed by atoms with Gasteiger partial charge in [0.15, 0.2) is 0 Å². The van der Waals surface area contributed by atoms with Crippen molar-refractivity contribution in [2.45, 2.75) is 32.2 Å². The highest BCUT2D eigenvalue weighted by Gasteiger charge is 2.29. The van der Waals surface area contributed by atoms with Crippen LogP contribution >= 0.6 is 12.4 Å². The molecule has 0 aliphatic carbocycles. The van der Waals surface area contributed by atoms with Gasteiger partial charge in [-0.3, -0.25) is 14.4 Å². The molecule has 3 amide bonds. The Labute approximate surface area is 166 Å². The zero-order valence-corrected chi connectivity index (χ0v) is 16.5. The summed E-state index contributed by atoms with van der Waals surface area (Å²) in [5, 5.41) is 5.64. The van der Waals surface area contributed by atoms with E-state index in [0.29, 0.717) is 26.2 Å². The van der Waals surface area contributed by atoms with E-state index < -0.39 is 0 Å². The number of likely N-dealkylation sites (tertiary alicyclic amines) is 1. The first-order chi connectivity index (χ1) is 12.5. The Morgan fingerprint density at radius 3 is 2.59 bits per heavy atom. The van der Waals surface area contributed by atoms with Gasteiger partial charge in [-0.25, -0.2) is 0 Å². The first-order valence-corrected chi connectivity index (χ1v) is 9.09. The van der Waals surface area contributed by atoms with Crippen LogP contribution in [0.3, 0.4) is 0 Å². The largest absolute Gasteiger partial charge is 0.355 e. The lowest BCUT2D eigenvalue weighted by Gasteiger charge is -2.33. The molecule has 2 unspecified atom stereocenters. The van der Waals surface area contributed by atoms with Crippen LogP contribution in [0.15, 0.2) is 30.3 Å². The molecule has 150 valence electrons. The third-order valence-corrected chi connectivity index (χ3v) is 4.55. The van der Waals surface area contributed by atoms with Gasteiger partial charge in [0, 0.05) is 33.1 Å². The van der Waals surface area contributed by atoms with Gasteiger partial charge < -0.3 is 21.3 Å². The summed E-state index contributed by atoms with van der Waals surface area (Å²) < 4.78 is 0. The van der Waals surface area contributed by atoms with Gasteiger partial charge in [0.1, 0.15) is 0 Å². The minimum absolute atomic E-state index is 0. The van der Waals surface area contributed by atoms with Crippen LogP contribution in [-0.4, -0.2) is 48.8 Å². The number of nitrogens with two attached hydrogens (primary N) is 1. The number of benzene rings is 1. The smallest absolute Gasteiger partial charge is 0.225 e. The highest BCUT2D eigenvalue weighted by molar-refractivity contribution is 5.85. The molecule has 1 aliphatic rings. The lowest BCUT2D eigenvalue weighted by atomic mass is 9.96. The predicted molar refractivity (Wildman–Crippen MR) is 106 cm³/mol. The number of nitrogens with one attached hydrogen (secondary N) is 2. The molecule has 0 spiro atoms. The maximum Gasteiger partial charge on any atom is 0.225 e. The molecule has 27 heavy (non-hydrogen) atoms. The fourth-order valence-corrected chi connectivity index (χ4v) is 3.24. The number of amides is 3. The molecule has 2 atom stereocenters. The molecule has 2 rings (SSSR count). The van der Waals surface area contributed by atoms with Gasteiger partial charge in [-0.2, -0.15) is 0 Å². The van der Waals surface area contributed by atoms with Gasteiger partial charge in [0.2, 0.25) is 17.7 Å². The minimum atomic E-state index is -0.368. The molecule has 0 aromatic heterocycles. The molecule has 1 aliphatic heterocycles. The zero-order valence-electron chi connectivity index (χ0n) is 15.6. The van der Waals surface area contributed by atoms with E-state index in [1.165, 1.54) is 6.92 Å². The van der Waals surface area contributed by atoms with E-state index >= 15 is 0 Å². The van der Waals surface area contributed by atoms with E-state index in [-0.39, 0.29) is 48.5 Å². The number of carbonyl (C=O) groups excluding carboxylic acids is 3. The summed E-state index contributed by atoms with van der Waals surface area (Å²) in [6, 6.07) is 9.08. The van der Waals surface area contributed by atoms with Crippen LogP contribution in [0.1, 0.15) is 37.8 Å². The van der Waals surface area contributed by atoms with Crippen molar-refractivity contribution < 1.29 is 14.4 Å². The first kappa shape index (κ1) is 22.9. The zero-order chi connectivity index (χ0) is 18.9. The van der Waals surface area contributed by atoms with Crippen LogP contribution in [0.25, 0.3) is 0 Å². The summed E-state index contributed by atoms with van der Waals surface area (Å²) in [5.41, 5.74) is 6.31. The van der Waals surface area contributed by atoms with Gasteiger partial charge in [-0.05, 0) is 18.4 Å². The van der Waals surface area contributed by atoms with Gasteiger partial charge in [0.25, 0.3) is 0 Å². The van der Waals surface area contributed by atoms with Crippen molar-refractivity contribution in [3.63, 3.8) is 0 Å². The molecule has 8 heteroatoms. The average Bonchev–Trinajstić information content (AvgIpc) is 2.66. The van der Waals surface area contributed by atoms with Gasteiger partial charge >= 0.3 is 0 Å². The quantitative estimate of drug-likeness (QED) is 0.639. The van der Waals surface area contributed by atoms with Gasteiger partial charge in [0.05, 0.1) is 18.4 Å². The Morgan fingerprint density at radius 1 is 1.26 bits per heavy atom. The van der Waals surface area contributed by atoms with Crippen LogP contribution in [0, 0.1) is 5.92 Å². The molecule has 0 bridgehead atoms.